The van der Waals surface area contributed by atoms with Crippen LogP contribution < -0.4 is 0 Å². The van der Waals surface area contributed by atoms with Crippen molar-refractivity contribution in [2.75, 3.05) is 0 Å². The fourth-order valence-electron chi connectivity index (χ4n) is 1.01. The van der Waals surface area contributed by atoms with Crippen LogP contribution in [0.4, 0.5) is 0 Å². The summed E-state index contributed by atoms with van der Waals surface area (Å²) in [7, 11) is -4.58. The standard InChI is InChI=1S/C6H5N3O5S/c7-8-5-2-1-4(9(10)11)3-6(5)15(12,13)14/h1-3,6H,(H,12,13,14). The van der Waals surface area contributed by atoms with E-state index in [4.69, 9.17) is 10.1 Å². The Labute approximate surface area is 84.0 Å². The van der Waals surface area contributed by atoms with E-state index in [9.17, 15) is 18.5 Å². The van der Waals surface area contributed by atoms with Crippen molar-refractivity contribution in [1.29, 1.82) is 0 Å². The Morgan fingerprint density at radius 3 is 2.53 bits per heavy atom. The molecule has 0 aromatic rings. The maximum absolute atomic E-state index is 10.8. The maximum Gasteiger partial charge on any atom is 0.316 e. The molecule has 80 valence electrons. The molecule has 0 radical (unpaired) electrons. The molecule has 0 heterocycles. The van der Waals surface area contributed by atoms with Gasteiger partial charge in [-0.25, -0.2) is 0 Å². The summed E-state index contributed by atoms with van der Waals surface area (Å²) in [5, 5.41) is 8.61. The first kappa shape index (κ1) is 11.2. The largest absolute Gasteiger partial charge is 0.361 e. The van der Waals surface area contributed by atoms with E-state index >= 15 is 0 Å². The molecule has 9 heteroatoms. The Morgan fingerprint density at radius 2 is 2.13 bits per heavy atom. The first-order valence-electron chi connectivity index (χ1n) is 3.59. The van der Waals surface area contributed by atoms with Gasteiger partial charge in [0.15, 0.2) is 0 Å². The lowest BCUT2D eigenvalue weighted by Crippen LogP contribution is -2.30. The Balaban J connectivity index is 3.29. The quantitative estimate of drug-likeness (QED) is 0.228. The molecule has 1 atom stereocenters. The van der Waals surface area contributed by atoms with E-state index in [1.807, 2.05) is 0 Å². The van der Waals surface area contributed by atoms with Crippen LogP contribution in [0.1, 0.15) is 0 Å². The van der Waals surface area contributed by atoms with Gasteiger partial charge >= 0.3 is 5.71 Å². The minimum Gasteiger partial charge on any atom is -0.361 e. The predicted octanol–water partition coefficient (Wildman–Crippen LogP) is -0.356. The van der Waals surface area contributed by atoms with Crippen molar-refractivity contribution in [3.05, 3.63) is 39.6 Å². The molecule has 0 aliphatic heterocycles. The molecule has 0 fully saturated rings. The van der Waals surface area contributed by atoms with Gasteiger partial charge in [0.25, 0.3) is 15.8 Å². The van der Waals surface area contributed by atoms with Crippen molar-refractivity contribution in [3.63, 3.8) is 0 Å². The van der Waals surface area contributed by atoms with Crippen molar-refractivity contribution in [3.8, 4) is 0 Å². The first-order chi connectivity index (χ1) is 6.86. The lowest BCUT2D eigenvalue weighted by molar-refractivity contribution is -0.419. The van der Waals surface area contributed by atoms with Crippen molar-refractivity contribution in [2.24, 2.45) is 0 Å². The highest BCUT2D eigenvalue weighted by Crippen LogP contribution is 2.14. The van der Waals surface area contributed by atoms with Crippen molar-refractivity contribution in [1.82, 2.24) is 0 Å². The number of allylic oxidation sites excluding steroid dienone is 2. The SMILES string of the molecule is [N-]=[N+]=C1C=CC([N+](=O)[O-])=CC1S(=O)(=O)O. The molecule has 0 spiro atoms. The Hall–Kier alpha value is -1.83. The summed E-state index contributed by atoms with van der Waals surface area (Å²) in [4.78, 5) is 12.1. The zero-order valence-corrected chi connectivity index (χ0v) is 7.96. The topological polar surface area (TPSA) is 134 Å². The average molecular weight is 231 g/mol. The fourth-order valence-corrected chi connectivity index (χ4v) is 1.75. The molecule has 0 aromatic heterocycles. The summed E-state index contributed by atoms with van der Waals surface area (Å²) >= 11 is 0. The molecule has 8 nitrogen and oxygen atoms in total. The molecule has 0 aromatic carbocycles. The Bertz CT molecular complexity index is 511. The number of rotatable bonds is 2. The van der Waals surface area contributed by atoms with Crippen LogP contribution in [0.5, 0.6) is 0 Å². The lowest BCUT2D eigenvalue weighted by Gasteiger charge is -2.05. The Kier molecular flexibility index (Phi) is 2.80. The summed E-state index contributed by atoms with van der Waals surface area (Å²) < 4.78 is 30.3. The third-order valence-corrected chi connectivity index (χ3v) is 2.71. The monoisotopic (exact) mass is 231 g/mol. The minimum absolute atomic E-state index is 0.386. The van der Waals surface area contributed by atoms with E-state index in [-0.39, 0.29) is 5.71 Å². The molecule has 15 heavy (non-hydrogen) atoms. The lowest BCUT2D eigenvalue weighted by atomic mass is 10.1. The second kappa shape index (κ2) is 3.73. The highest BCUT2D eigenvalue weighted by molar-refractivity contribution is 7.87. The van der Waals surface area contributed by atoms with Gasteiger partial charge in [0.05, 0.1) is 4.92 Å². The van der Waals surface area contributed by atoms with Gasteiger partial charge in [-0.2, -0.15) is 13.2 Å². The van der Waals surface area contributed by atoms with Gasteiger partial charge in [-0.05, 0) is 0 Å². The number of hydrogen-bond donors (Lipinski definition) is 1. The van der Waals surface area contributed by atoms with E-state index in [0.29, 0.717) is 6.08 Å². The first-order valence-corrected chi connectivity index (χ1v) is 5.09. The average Bonchev–Trinajstić information content (AvgIpc) is 2.15. The number of hydrogen-bond acceptors (Lipinski definition) is 4. The van der Waals surface area contributed by atoms with Crippen molar-refractivity contribution in [2.45, 2.75) is 5.25 Å². The highest BCUT2D eigenvalue weighted by Gasteiger charge is 2.36. The predicted molar refractivity (Wildman–Crippen MR) is 48.2 cm³/mol. The maximum atomic E-state index is 10.8. The van der Waals surface area contributed by atoms with Crippen LogP contribution in [-0.4, -0.2) is 33.6 Å². The summed E-state index contributed by atoms with van der Waals surface area (Å²) in [5.74, 6) is 0. The second-order valence-corrected chi connectivity index (χ2v) is 4.18. The molecular formula is C6H5N3O5S. The summed E-state index contributed by atoms with van der Waals surface area (Å²) in [5.41, 5.74) is 7.53. The molecule has 0 saturated carbocycles. The summed E-state index contributed by atoms with van der Waals surface area (Å²) in [6.45, 7) is 0. The Morgan fingerprint density at radius 1 is 1.53 bits per heavy atom. The third-order valence-electron chi connectivity index (χ3n) is 1.69. The molecule has 1 aliphatic rings. The molecule has 1 N–H and O–H groups in total. The van der Waals surface area contributed by atoms with Crippen LogP contribution in [0.15, 0.2) is 23.9 Å². The zero-order valence-electron chi connectivity index (χ0n) is 7.14. The number of nitro groups is 1. The minimum atomic E-state index is -4.58. The van der Waals surface area contributed by atoms with E-state index in [1.54, 1.807) is 0 Å². The fraction of sp³-hybridized carbons (Fsp3) is 0.167. The van der Waals surface area contributed by atoms with Gasteiger partial charge < -0.3 is 5.53 Å². The van der Waals surface area contributed by atoms with Crippen LogP contribution in [0.25, 0.3) is 5.53 Å². The molecule has 1 rings (SSSR count). The van der Waals surface area contributed by atoms with Crippen molar-refractivity contribution < 1.29 is 22.7 Å². The zero-order chi connectivity index (χ0) is 11.6. The third kappa shape index (κ3) is 2.34. The molecule has 1 aliphatic carbocycles. The molecule has 0 amide bonds. The van der Waals surface area contributed by atoms with Gasteiger partial charge in [0.1, 0.15) is 0 Å². The van der Waals surface area contributed by atoms with Gasteiger partial charge in [-0.15, -0.1) is 0 Å². The van der Waals surface area contributed by atoms with Crippen LogP contribution in [-0.2, 0) is 10.1 Å². The smallest absolute Gasteiger partial charge is 0.316 e. The summed E-state index contributed by atoms with van der Waals surface area (Å²) in [6.07, 6.45) is 2.59. The van der Waals surface area contributed by atoms with E-state index < -0.39 is 26.0 Å². The molecule has 1 unspecified atom stereocenters. The second-order valence-electron chi connectivity index (χ2n) is 2.64. The van der Waals surface area contributed by atoms with E-state index in [0.717, 1.165) is 12.2 Å². The van der Waals surface area contributed by atoms with E-state index in [2.05, 4.69) is 4.79 Å². The molecule has 0 bridgehead atoms. The van der Waals surface area contributed by atoms with Crippen LogP contribution in [0.3, 0.4) is 0 Å². The normalized spacial score (nSPS) is 20.7. The van der Waals surface area contributed by atoms with Gasteiger partial charge in [-0.3, -0.25) is 14.7 Å². The summed E-state index contributed by atoms with van der Waals surface area (Å²) in [6, 6.07) is 0. The molecule has 0 saturated heterocycles. The highest BCUT2D eigenvalue weighted by atomic mass is 32.2. The van der Waals surface area contributed by atoms with Crippen molar-refractivity contribution >= 4 is 15.8 Å². The number of nitrogens with zero attached hydrogens (tertiary/aromatic N) is 3. The van der Waals surface area contributed by atoms with Gasteiger partial charge in [0.2, 0.25) is 5.25 Å². The van der Waals surface area contributed by atoms with Crippen LogP contribution in [0.2, 0.25) is 0 Å². The van der Waals surface area contributed by atoms with Gasteiger partial charge in [-0.1, -0.05) is 0 Å². The molecular weight excluding hydrogens is 226 g/mol. The van der Waals surface area contributed by atoms with Crippen LogP contribution >= 0.6 is 0 Å². The van der Waals surface area contributed by atoms with Gasteiger partial charge in [0, 0.05) is 18.2 Å². The van der Waals surface area contributed by atoms with Crippen LogP contribution in [0, 0.1) is 10.1 Å². The van der Waals surface area contributed by atoms with E-state index in [1.165, 1.54) is 0 Å².